The van der Waals surface area contributed by atoms with Gasteiger partial charge in [0.1, 0.15) is 0 Å². The molecule has 0 N–H and O–H groups in total. The first kappa shape index (κ1) is 10.3. The minimum atomic E-state index is 0.678. The van der Waals surface area contributed by atoms with Crippen molar-refractivity contribution in [2.24, 2.45) is 0 Å². The molecule has 86 valence electrons. The average Bonchev–Trinajstić information content (AvgIpc) is 3.11. The van der Waals surface area contributed by atoms with E-state index < -0.39 is 0 Å². The number of rotatable bonds is 2. The fourth-order valence-corrected chi connectivity index (χ4v) is 2.71. The Hall–Kier alpha value is -0.820. The zero-order valence-corrected chi connectivity index (χ0v) is 10.4. The lowest BCUT2D eigenvalue weighted by atomic mass is 9.95. The smallest absolute Gasteiger partial charge is 0.0239 e. The minimum absolute atomic E-state index is 0.678. The third kappa shape index (κ3) is 1.89. The van der Waals surface area contributed by atoms with Crippen LogP contribution in [0.1, 0.15) is 49.3 Å². The highest BCUT2D eigenvalue weighted by Gasteiger charge is 2.25. The summed E-state index contributed by atoms with van der Waals surface area (Å²) in [6.45, 7) is 6.99. The van der Waals surface area contributed by atoms with Gasteiger partial charge in [-0.05, 0) is 55.7 Å². The van der Waals surface area contributed by atoms with E-state index in [9.17, 15) is 0 Å². The van der Waals surface area contributed by atoms with Gasteiger partial charge < -0.3 is 0 Å². The predicted octanol–water partition coefficient (Wildman–Crippen LogP) is 3.33. The molecule has 2 aliphatic rings. The second kappa shape index (κ2) is 3.89. The molecule has 0 spiro atoms. The highest BCUT2D eigenvalue weighted by Crippen LogP contribution is 2.41. The maximum atomic E-state index is 2.58. The molecule has 1 saturated carbocycles. The van der Waals surface area contributed by atoms with Crippen LogP contribution in [0.5, 0.6) is 0 Å². The second-order valence-corrected chi connectivity index (χ2v) is 5.62. The van der Waals surface area contributed by atoms with Crippen LogP contribution < -0.4 is 0 Å². The fourth-order valence-electron chi connectivity index (χ4n) is 2.71. The van der Waals surface area contributed by atoms with Gasteiger partial charge in [0.05, 0.1) is 0 Å². The van der Waals surface area contributed by atoms with Crippen LogP contribution in [0.2, 0.25) is 0 Å². The molecule has 1 aromatic rings. The molecule has 0 bridgehead atoms. The highest BCUT2D eigenvalue weighted by atomic mass is 15.1. The summed E-state index contributed by atoms with van der Waals surface area (Å²) in [5.74, 6) is 0.889. The normalized spacial score (nSPS) is 21.2. The molecule has 0 amide bonds. The third-order valence-corrected chi connectivity index (χ3v) is 4.05. The number of nitrogens with zero attached hydrogens (tertiary/aromatic N) is 1. The summed E-state index contributed by atoms with van der Waals surface area (Å²) in [4.78, 5) is 2.58. The molecule has 1 aliphatic carbocycles. The monoisotopic (exact) mass is 215 g/mol. The summed E-state index contributed by atoms with van der Waals surface area (Å²) >= 11 is 0. The maximum absolute atomic E-state index is 2.58. The quantitative estimate of drug-likeness (QED) is 0.731. The third-order valence-electron chi connectivity index (χ3n) is 4.05. The van der Waals surface area contributed by atoms with Crippen molar-refractivity contribution in [2.75, 3.05) is 6.54 Å². The number of fused-ring (bicyclic) bond motifs is 1. The fraction of sp³-hybridized carbons (Fsp3) is 0.600. The molecular weight excluding hydrogens is 194 g/mol. The van der Waals surface area contributed by atoms with Crippen molar-refractivity contribution in [1.29, 1.82) is 0 Å². The maximum Gasteiger partial charge on any atom is 0.0239 e. The van der Waals surface area contributed by atoms with Gasteiger partial charge >= 0.3 is 0 Å². The van der Waals surface area contributed by atoms with Gasteiger partial charge in [-0.25, -0.2) is 0 Å². The molecule has 1 heteroatoms. The molecule has 0 aromatic heterocycles. The zero-order valence-electron chi connectivity index (χ0n) is 10.4. The molecule has 1 aromatic carbocycles. The molecule has 0 atom stereocenters. The van der Waals surface area contributed by atoms with E-state index in [1.54, 1.807) is 16.7 Å². The summed E-state index contributed by atoms with van der Waals surface area (Å²) in [5.41, 5.74) is 4.76. The van der Waals surface area contributed by atoms with Gasteiger partial charge in [0.2, 0.25) is 0 Å². The molecule has 0 saturated heterocycles. The standard InChI is InChI=1S/C15H21N/c1-11(2)16-8-7-13-5-6-14(12-3-4-12)9-15(13)10-16/h5-6,9,11-12H,3-4,7-8,10H2,1-2H3. The Morgan fingerprint density at radius 2 is 2.00 bits per heavy atom. The topological polar surface area (TPSA) is 3.24 Å². The lowest BCUT2D eigenvalue weighted by molar-refractivity contribution is 0.203. The predicted molar refractivity (Wildman–Crippen MR) is 67.7 cm³/mol. The van der Waals surface area contributed by atoms with Crippen molar-refractivity contribution in [1.82, 2.24) is 4.90 Å². The largest absolute Gasteiger partial charge is 0.296 e. The molecule has 1 nitrogen and oxygen atoms in total. The zero-order chi connectivity index (χ0) is 11.1. The van der Waals surface area contributed by atoms with Crippen LogP contribution in [0.15, 0.2) is 18.2 Å². The summed E-state index contributed by atoms with van der Waals surface area (Å²) < 4.78 is 0. The van der Waals surface area contributed by atoms with Crippen molar-refractivity contribution in [3.8, 4) is 0 Å². The lowest BCUT2D eigenvalue weighted by Gasteiger charge is -2.32. The van der Waals surface area contributed by atoms with E-state index in [4.69, 9.17) is 0 Å². The molecule has 0 radical (unpaired) electrons. The van der Waals surface area contributed by atoms with Crippen LogP contribution in [-0.4, -0.2) is 17.5 Å². The van der Waals surface area contributed by atoms with E-state index >= 15 is 0 Å². The summed E-state index contributed by atoms with van der Waals surface area (Å²) in [6, 6.07) is 7.89. The highest BCUT2D eigenvalue weighted by molar-refractivity contribution is 5.36. The van der Waals surface area contributed by atoms with E-state index in [2.05, 4.69) is 36.9 Å². The molecule has 1 fully saturated rings. The minimum Gasteiger partial charge on any atom is -0.296 e. The molecule has 1 aliphatic heterocycles. The average molecular weight is 215 g/mol. The summed E-state index contributed by atoms with van der Waals surface area (Å²) in [5, 5.41) is 0. The Morgan fingerprint density at radius 3 is 2.69 bits per heavy atom. The Balaban J connectivity index is 1.86. The number of benzene rings is 1. The van der Waals surface area contributed by atoms with Crippen molar-refractivity contribution in [3.63, 3.8) is 0 Å². The molecular formula is C15H21N. The van der Waals surface area contributed by atoms with Crippen LogP contribution in [0.4, 0.5) is 0 Å². The number of hydrogen-bond acceptors (Lipinski definition) is 1. The molecule has 1 heterocycles. The van der Waals surface area contributed by atoms with Gasteiger partial charge in [0.15, 0.2) is 0 Å². The van der Waals surface area contributed by atoms with Gasteiger partial charge in [-0.2, -0.15) is 0 Å². The van der Waals surface area contributed by atoms with E-state index in [0.29, 0.717) is 6.04 Å². The van der Waals surface area contributed by atoms with Gasteiger partial charge in [0.25, 0.3) is 0 Å². The van der Waals surface area contributed by atoms with E-state index in [0.717, 1.165) is 12.5 Å². The summed E-state index contributed by atoms with van der Waals surface area (Å²) in [7, 11) is 0. The van der Waals surface area contributed by atoms with Crippen molar-refractivity contribution in [3.05, 3.63) is 34.9 Å². The Labute approximate surface area is 98.5 Å². The first-order valence-electron chi connectivity index (χ1n) is 6.60. The van der Waals surface area contributed by atoms with Crippen molar-refractivity contribution < 1.29 is 0 Å². The first-order chi connectivity index (χ1) is 7.74. The van der Waals surface area contributed by atoms with Crippen LogP contribution in [-0.2, 0) is 13.0 Å². The summed E-state index contributed by atoms with van der Waals surface area (Å²) in [6.07, 6.45) is 4.05. The Kier molecular flexibility index (Phi) is 2.51. The Morgan fingerprint density at radius 1 is 1.19 bits per heavy atom. The van der Waals surface area contributed by atoms with Crippen LogP contribution in [0.25, 0.3) is 0 Å². The van der Waals surface area contributed by atoms with Crippen LogP contribution in [0, 0.1) is 0 Å². The first-order valence-corrected chi connectivity index (χ1v) is 6.60. The van der Waals surface area contributed by atoms with E-state index in [-0.39, 0.29) is 0 Å². The van der Waals surface area contributed by atoms with E-state index in [1.165, 1.54) is 25.8 Å². The van der Waals surface area contributed by atoms with E-state index in [1.807, 2.05) is 0 Å². The van der Waals surface area contributed by atoms with Crippen molar-refractivity contribution >= 4 is 0 Å². The van der Waals surface area contributed by atoms with Crippen LogP contribution >= 0.6 is 0 Å². The molecule has 3 rings (SSSR count). The van der Waals surface area contributed by atoms with Gasteiger partial charge in [-0.15, -0.1) is 0 Å². The SMILES string of the molecule is CC(C)N1CCc2ccc(C3CC3)cc2C1. The second-order valence-electron chi connectivity index (χ2n) is 5.62. The van der Waals surface area contributed by atoms with Crippen molar-refractivity contribution in [2.45, 2.75) is 51.6 Å². The van der Waals surface area contributed by atoms with Gasteiger partial charge in [0, 0.05) is 19.1 Å². The number of hydrogen-bond donors (Lipinski definition) is 0. The molecule has 0 unspecified atom stereocenters. The lowest BCUT2D eigenvalue weighted by Crippen LogP contribution is -2.35. The van der Waals surface area contributed by atoms with Gasteiger partial charge in [-0.1, -0.05) is 18.2 Å². The Bertz CT molecular complexity index is 390. The molecule has 16 heavy (non-hydrogen) atoms. The van der Waals surface area contributed by atoms with Gasteiger partial charge in [-0.3, -0.25) is 4.90 Å². The van der Waals surface area contributed by atoms with Crippen LogP contribution in [0.3, 0.4) is 0 Å².